The zero-order valence-corrected chi connectivity index (χ0v) is 20.5. The number of carbonyl (C=O) groups excluding carboxylic acids is 3. The van der Waals surface area contributed by atoms with Gasteiger partial charge in [0.1, 0.15) is 5.54 Å². The molecule has 0 unspecified atom stereocenters. The van der Waals surface area contributed by atoms with Crippen LogP contribution in [0.1, 0.15) is 35.1 Å². The van der Waals surface area contributed by atoms with E-state index in [0.29, 0.717) is 24.2 Å². The number of benzene rings is 2. The number of nitrogens with zero attached hydrogens (tertiary/aromatic N) is 3. The zero-order valence-electron chi connectivity index (χ0n) is 20.5. The van der Waals surface area contributed by atoms with Crippen molar-refractivity contribution in [3.05, 3.63) is 56.6 Å². The van der Waals surface area contributed by atoms with E-state index < -0.39 is 28.2 Å². The quantitative estimate of drug-likeness (QED) is 0.399. The van der Waals surface area contributed by atoms with Crippen molar-refractivity contribution in [2.45, 2.75) is 45.2 Å². The number of imide groups is 1. The van der Waals surface area contributed by atoms with Crippen molar-refractivity contribution in [2.75, 3.05) is 23.9 Å². The van der Waals surface area contributed by atoms with E-state index in [2.05, 4.69) is 10.2 Å². The van der Waals surface area contributed by atoms with Crippen molar-refractivity contribution >= 4 is 34.8 Å². The Bertz CT molecular complexity index is 1400. The molecule has 0 radical (unpaired) electrons. The summed E-state index contributed by atoms with van der Waals surface area (Å²) in [5, 5.41) is 14.5. The molecule has 3 fully saturated rings. The number of aryl methyl sites for hydroxylation is 3. The first-order valence-electron chi connectivity index (χ1n) is 12.0. The minimum absolute atomic E-state index is 0.0364. The fraction of sp³-hybridized carbons (Fsp3) is 0.423. The summed E-state index contributed by atoms with van der Waals surface area (Å²) in [5.74, 6) is -2.71. The van der Waals surface area contributed by atoms with E-state index in [1.807, 2.05) is 26.0 Å². The van der Waals surface area contributed by atoms with E-state index in [9.17, 15) is 24.5 Å². The fourth-order valence-corrected chi connectivity index (χ4v) is 7.11. The normalized spacial score (nSPS) is 28.5. The third-order valence-electron chi connectivity index (χ3n) is 8.38. The second-order valence-corrected chi connectivity index (χ2v) is 10.2. The van der Waals surface area contributed by atoms with Gasteiger partial charge in [0.2, 0.25) is 17.7 Å². The van der Waals surface area contributed by atoms with Gasteiger partial charge in [0, 0.05) is 29.4 Å². The van der Waals surface area contributed by atoms with Gasteiger partial charge in [0.25, 0.3) is 0 Å². The lowest BCUT2D eigenvalue weighted by Crippen LogP contribution is -2.54. The predicted octanol–water partition coefficient (Wildman–Crippen LogP) is 2.96. The van der Waals surface area contributed by atoms with Gasteiger partial charge >= 0.3 is 5.69 Å². The van der Waals surface area contributed by atoms with Crippen LogP contribution in [-0.4, -0.2) is 47.2 Å². The number of anilines is 2. The average molecular weight is 491 g/mol. The number of nitrogens with one attached hydrogen (secondary N) is 1. The Hall–Kier alpha value is -3.79. The first-order chi connectivity index (χ1) is 17.1. The van der Waals surface area contributed by atoms with Crippen molar-refractivity contribution in [1.82, 2.24) is 4.90 Å². The summed E-state index contributed by atoms with van der Waals surface area (Å²) in [4.78, 5) is 56.2. The molecule has 3 amide bonds. The minimum atomic E-state index is -1.27. The van der Waals surface area contributed by atoms with Crippen LogP contribution in [0.2, 0.25) is 0 Å². The van der Waals surface area contributed by atoms with Gasteiger partial charge in [-0.25, -0.2) is 4.90 Å². The maximum absolute atomic E-state index is 14.2. The molecule has 0 aromatic heterocycles. The monoisotopic (exact) mass is 490 g/mol. The third-order valence-corrected chi connectivity index (χ3v) is 8.38. The smallest absolute Gasteiger partial charge is 0.311 e. The molecule has 6 rings (SSSR count). The molecule has 2 aromatic carbocycles. The second kappa shape index (κ2) is 7.36. The number of fused-ring (bicyclic) bond motifs is 7. The van der Waals surface area contributed by atoms with Gasteiger partial charge < -0.3 is 10.1 Å². The van der Waals surface area contributed by atoms with Crippen LogP contribution in [0.15, 0.2) is 24.3 Å². The van der Waals surface area contributed by atoms with Crippen LogP contribution in [0.25, 0.3) is 0 Å². The van der Waals surface area contributed by atoms with Crippen LogP contribution in [0, 0.1) is 42.7 Å². The molecular formula is C26H26N4O6. The SMILES string of the molecule is COc1cc(N2C(=O)[C@@H]3[C@@H]4CCCN4[C@@]4(C(=O)Nc5c(C)cc(C)cc54)[C@H]3C2=O)c(C)cc1[N+](=O)[O-]. The summed E-state index contributed by atoms with van der Waals surface area (Å²) in [7, 11) is 1.31. The van der Waals surface area contributed by atoms with Crippen LogP contribution in [0.4, 0.5) is 17.1 Å². The molecule has 4 heterocycles. The van der Waals surface area contributed by atoms with E-state index in [0.717, 1.165) is 28.0 Å². The number of rotatable bonds is 3. The molecule has 4 aliphatic rings. The highest BCUT2D eigenvalue weighted by atomic mass is 16.6. The number of carbonyl (C=O) groups is 3. The summed E-state index contributed by atoms with van der Waals surface area (Å²) in [6.45, 7) is 6.14. The Balaban J connectivity index is 1.55. The maximum Gasteiger partial charge on any atom is 0.311 e. The first kappa shape index (κ1) is 22.7. The molecule has 3 saturated heterocycles. The van der Waals surface area contributed by atoms with Gasteiger partial charge in [-0.3, -0.25) is 29.4 Å². The van der Waals surface area contributed by atoms with Gasteiger partial charge in [-0.2, -0.15) is 0 Å². The van der Waals surface area contributed by atoms with Gasteiger partial charge in [-0.05, 0) is 51.3 Å². The lowest BCUT2D eigenvalue weighted by Gasteiger charge is -2.37. The Morgan fingerprint density at radius 2 is 1.83 bits per heavy atom. The summed E-state index contributed by atoms with van der Waals surface area (Å²) < 4.78 is 5.22. The van der Waals surface area contributed by atoms with Crippen molar-refractivity contribution in [3.8, 4) is 5.75 Å². The van der Waals surface area contributed by atoms with E-state index in [1.54, 1.807) is 6.92 Å². The van der Waals surface area contributed by atoms with Gasteiger partial charge in [-0.1, -0.05) is 17.7 Å². The minimum Gasteiger partial charge on any atom is -0.490 e. The van der Waals surface area contributed by atoms with Crippen molar-refractivity contribution in [3.63, 3.8) is 0 Å². The van der Waals surface area contributed by atoms with E-state index >= 15 is 0 Å². The summed E-state index contributed by atoms with van der Waals surface area (Å²) in [5.41, 5.74) is 2.51. The van der Waals surface area contributed by atoms with E-state index in [1.165, 1.54) is 19.2 Å². The number of ether oxygens (including phenoxy) is 1. The molecule has 2 aromatic rings. The molecule has 4 aliphatic heterocycles. The average Bonchev–Trinajstić information content (AvgIpc) is 3.53. The second-order valence-electron chi connectivity index (χ2n) is 10.2. The number of methoxy groups -OCH3 is 1. The predicted molar refractivity (Wildman–Crippen MR) is 130 cm³/mol. The molecular weight excluding hydrogens is 464 g/mol. The maximum atomic E-state index is 14.2. The summed E-state index contributed by atoms with van der Waals surface area (Å²) in [6.07, 6.45) is 1.54. The van der Waals surface area contributed by atoms with Gasteiger partial charge in [-0.15, -0.1) is 0 Å². The molecule has 1 spiro atoms. The molecule has 0 bridgehead atoms. The molecule has 0 aliphatic carbocycles. The summed E-state index contributed by atoms with van der Waals surface area (Å²) >= 11 is 0. The number of hydrogen-bond acceptors (Lipinski definition) is 7. The number of hydrogen-bond donors (Lipinski definition) is 1. The number of nitro groups is 1. The molecule has 36 heavy (non-hydrogen) atoms. The van der Waals surface area contributed by atoms with Crippen LogP contribution in [0.3, 0.4) is 0 Å². The topological polar surface area (TPSA) is 122 Å². The number of amides is 3. The van der Waals surface area contributed by atoms with E-state index in [-0.39, 0.29) is 35.0 Å². The Labute approximate surface area is 207 Å². The lowest BCUT2D eigenvalue weighted by molar-refractivity contribution is -0.385. The van der Waals surface area contributed by atoms with Crippen molar-refractivity contribution < 1.29 is 24.0 Å². The Morgan fingerprint density at radius 1 is 1.08 bits per heavy atom. The molecule has 186 valence electrons. The Kier molecular flexibility index (Phi) is 4.63. The zero-order chi connectivity index (χ0) is 25.7. The Morgan fingerprint density at radius 3 is 2.53 bits per heavy atom. The van der Waals surface area contributed by atoms with Crippen LogP contribution >= 0.6 is 0 Å². The molecule has 4 atom stereocenters. The molecule has 10 heteroatoms. The standard InChI is InChI=1S/C26H26N4O6/c1-12-8-14(3)22-15(9-12)26(25(33)27-22)21-20(16-6-5-7-28(16)26)23(31)29(24(21)32)17-11-19(36-4)18(30(34)35)10-13(17)2/h8-11,16,20-21H,5-7H2,1-4H3,(H,27,33)/t16-,20+,21+,26+/m0/s1. The van der Waals surface area contributed by atoms with Gasteiger partial charge in [0.05, 0.1) is 29.6 Å². The largest absolute Gasteiger partial charge is 0.490 e. The molecule has 0 saturated carbocycles. The summed E-state index contributed by atoms with van der Waals surface area (Å²) in [6, 6.07) is 6.39. The molecule has 1 N–H and O–H groups in total. The van der Waals surface area contributed by atoms with Gasteiger partial charge in [0.15, 0.2) is 5.75 Å². The van der Waals surface area contributed by atoms with E-state index in [4.69, 9.17) is 4.74 Å². The first-order valence-corrected chi connectivity index (χ1v) is 12.0. The highest BCUT2D eigenvalue weighted by molar-refractivity contribution is 6.26. The third kappa shape index (κ3) is 2.57. The van der Waals surface area contributed by atoms with Crippen LogP contribution in [-0.2, 0) is 19.9 Å². The lowest BCUT2D eigenvalue weighted by atomic mass is 9.75. The van der Waals surface area contributed by atoms with Crippen LogP contribution < -0.4 is 15.0 Å². The number of nitro benzene ring substituents is 1. The van der Waals surface area contributed by atoms with Crippen molar-refractivity contribution in [1.29, 1.82) is 0 Å². The van der Waals surface area contributed by atoms with Crippen molar-refractivity contribution in [2.24, 2.45) is 11.8 Å². The fourth-order valence-electron chi connectivity index (χ4n) is 7.11. The van der Waals surface area contributed by atoms with Crippen LogP contribution in [0.5, 0.6) is 5.75 Å². The highest BCUT2D eigenvalue weighted by Gasteiger charge is 2.74. The molecule has 10 nitrogen and oxygen atoms in total. The highest BCUT2D eigenvalue weighted by Crippen LogP contribution is 2.61.